The van der Waals surface area contributed by atoms with E-state index in [9.17, 15) is 13.2 Å². The number of carbonyl (C=O) groups is 1. The van der Waals surface area contributed by atoms with Gasteiger partial charge in [-0.05, 0) is 31.5 Å². The Balaban J connectivity index is 2.47. The molecule has 0 radical (unpaired) electrons. The van der Waals surface area contributed by atoms with Crippen LogP contribution in [0.15, 0.2) is 24.3 Å². The largest absolute Gasteiger partial charge is 0.392 e. The lowest BCUT2D eigenvalue weighted by atomic mass is 10.1. The lowest BCUT2D eigenvalue weighted by Crippen LogP contribution is -2.67. The Morgan fingerprint density at radius 3 is 2.53 bits per heavy atom. The molecule has 0 saturated carbocycles. The highest BCUT2D eigenvalue weighted by atomic mass is 32.2. The molecule has 0 atom stereocenters. The molecular formula is C11H13NO4S. The molecule has 1 aliphatic heterocycles. The Hall–Kier alpha value is -1.40. The summed E-state index contributed by atoms with van der Waals surface area (Å²) in [4.78, 5) is 11.8. The van der Waals surface area contributed by atoms with Crippen LogP contribution < -0.4 is 4.31 Å². The summed E-state index contributed by atoms with van der Waals surface area (Å²) in [5, 5.41) is 8.98. The summed E-state index contributed by atoms with van der Waals surface area (Å²) in [6.45, 7) is 2.58. The number of carbonyl (C=O) groups excluding carboxylic acids is 1. The van der Waals surface area contributed by atoms with Crippen LogP contribution in [0.2, 0.25) is 0 Å². The fraction of sp³-hybridized carbons (Fsp3) is 0.364. The van der Waals surface area contributed by atoms with Crippen LogP contribution in [0.3, 0.4) is 0 Å². The van der Waals surface area contributed by atoms with Gasteiger partial charge in [-0.3, -0.25) is 4.79 Å². The fourth-order valence-corrected chi connectivity index (χ4v) is 3.16. The van der Waals surface area contributed by atoms with E-state index in [2.05, 4.69) is 0 Å². The normalized spacial score (nSPS) is 21.1. The van der Waals surface area contributed by atoms with Crippen molar-refractivity contribution in [3.8, 4) is 0 Å². The van der Waals surface area contributed by atoms with Crippen molar-refractivity contribution in [1.29, 1.82) is 0 Å². The molecule has 17 heavy (non-hydrogen) atoms. The molecule has 5 nitrogen and oxygen atoms in total. The standard InChI is InChI=1S/C11H13NO4S/c1-11(2)10(14)12(17(11,15)16)9-5-3-4-8(6-9)7-13/h3-6,13H,7H2,1-2H3. The summed E-state index contributed by atoms with van der Waals surface area (Å²) in [5.74, 6) is -0.451. The van der Waals surface area contributed by atoms with Crippen LogP contribution in [0.4, 0.5) is 5.69 Å². The monoisotopic (exact) mass is 255 g/mol. The molecule has 1 aromatic rings. The first-order chi connectivity index (χ1) is 7.82. The minimum Gasteiger partial charge on any atom is -0.392 e. The van der Waals surface area contributed by atoms with Crippen LogP contribution >= 0.6 is 0 Å². The van der Waals surface area contributed by atoms with Gasteiger partial charge in [0.05, 0.1) is 12.3 Å². The number of nitrogens with zero attached hydrogens (tertiary/aromatic N) is 1. The number of amides is 1. The number of rotatable bonds is 2. The Morgan fingerprint density at radius 1 is 1.35 bits per heavy atom. The highest BCUT2D eigenvalue weighted by Gasteiger charge is 2.60. The zero-order valence-electron chi connectivity index (χ0n) is 9.54. The summed E-state index contributed by atoms with van der Waals surface area (Å²) in [5.41, 5.74) is 0.844. The van der Waals surface area contributed by atoms with Crippen molar-refractivity contribution in [3.63, 3.8) is 0 Å². The first kappa shape index (κ1) is 12.1. The van der Waals surface area contributed by atoms with E-state index >= 15 is 0 Å². The van der Waals surface area contributed by atoms with E-state index in [0.717, 1.165) is 4.31 Å². The van der Waals surface area contributed by atoms with Gasteiger partial charge in [0.1, 0.15) is 0 Å². The lowest BCUT2D eigenvalue weighted by molar-refractivity contribution is -0.120. The van der Waals surface area contributed by atoms with Gasteiger partial charge in [0.25, 0.3) is 15.9 Å². The quantitative estimate of drug-likeness (QED) is 0.841. The van der Waals surface area contributed by atoms with Gasteiger partial charge in [0.2, 0.25) is 0 Å². The number of sulfonamides is 1. The summed E-state index contributed by atoms with van der Waals surface area (Å²) in [6, 6.07) is 6.29. The van der Waals surface area contributed by atoms with Gasteiger partial charge in [-0.2, -0.15) is 0 Å². The Kier molecular flexibility index (Phi) is 2.52. The summed E-state index contributed by atoms with van der Waals surface area (Å²) < 4.78 is 23.3. The molecule has 0 unspecified atom stereocenters. The number of hydrogen-bond acceptors (Lipinski definition) is 4. The number of benzene rings is 1. The number of aliphatic hydroxyl groups is 1. The molecule has 0 bridgehead atoms. The number of anilines is 1. The SMILES string of the molecule is CC1(C)C(=O)N(c2cccc(CO)c2)S1(=O)=O. The van der Waals surface area contributed by atoms with Crippen molar-refractivity contribution in [1.82, 2.24) is 0 Å². The topological polar surface area (TPSA) is 74.7 Å². The second-order valence-corrected chi connectivity index (χ2v) is 6.75. The van der Waals surface area contributed by atoms with Gasteiger partial charge in [-0.1, -0.05) is 12.1 Å². The van der Waals surface area contributed by atoms with E-state index in [-0.39, 0.29) is 12.3 Å². The van der Waals surface area contributed by atoms with Gasteiger partial charge in [0, 0.05) is 0 Å². The minimum atomic E-state index is -3.63. The van der Waals surface area contributed by atoms with E-state index in [0.29, 0.717) is 5.56 Å². The smallest absolute Gasteiger partial charge is 0.263 e. The van der Waals surface area contributed by atoms with Crippen LogP contribution in [0, 0.1) is 0 Å². The molecule has 1 N–H and O–H groups in total. The molecule has 1 saturated heterocycles. The maximum atomic E-state index is 11.9. The van der Waals surface area contributed by atoms with Gasteiger partial charge in [-0.15, -0.1) is 0 Å². The van der Waals surface area contributed by atoms with Crippen molar-refractivity contribution in [3.05, 3.63) is 29.8 Å². The Morgan fingerprint density at radius 2 is 2.00 bits per heavy atom. The van der Waals surface area contributed by atoms with Crippen LogP contribution in [0.25, 0.3) is 0 Å². The van der Waals surface area contributed by atoms with Crippen molar-refractivity contribution in [2.45, 2.75) is 25.2 Å². The zero-order valence-corrected chi connectivity index (χ0v) is 10.4. The van der Waals surface area contributed by atoms with Gasteiger partial charge < -0.3 is 5.11 Å². The minimum absolute atomic E-state index is 0.195. The van der Waals surface area contributed by atoms with E-state index < -0.39 is 20.7 Å². The predicted octanol–water partition coefficient (Wildman–Crippen LogP) is 0.634. The Bertz CT molecular complexity index is 577. The van der Waals surface area contributed by atoms with E-state index in [1.54, 1.807) is 12.1 Å². The molecule has 1 aliphatic rings. The second-order valence-electron chi connectivity index (χ2n) is 4.41. The Labute approximate surface area is 99.7 Å². The molecule has 1 amide bonds. The van der Waals surface area contributed by atoms with Gasteiger partial charge >= 0.3 is 0 Å². The molecular weight excluding hydrogens is 242 g/mol. The first-order valence-corrected chi connectivity index (χ1v) is 6.55. The van der Waals surface area contributed by atoms with Crippen LogP contribution in [-0.2, 0) is 21.4 Å². The molecule has 2 rings (SSSR count). The van der Waals surface area contributed by atoms with Crippen LogP contribution in [0.1, 0.15) is 19.4 Å². The maximum Gasteiger partial charge on any atom is 0.263 e. The van der Waals surface area contributed by atoms with Crippen molar-refractivity contribution in [2.75, 3.05) is 4.31 Å². The zero-order chi connectivity index (χ0) is 12.8. The molecule has 1 heterocycles. The maximum absolute atomic E-state index is 11.9. The average molecular weight is 255 g/mol. The van der Waals surface area contributed by atoms with Crippen molar-refractivity contribution >= 4 is 21.6 Å². The number of aliphatic hydroxyl groups excluding tert-OH is 1. The second kappa shape index (κ2) is 3.54. The molecule has 1 fully saturated rings. The highest BCUT2D eigenvalue weighted by Crippen LogP contribution is 2.39. The average Bonchev–Trinajstić information content (AvgIpc) is 2.29. The third-order valence-corrected chi connectivity index (χ3v) is 5.23. The van der Waals surface area contributed by atoms with Gasteiger partial charge in [-0.25, -0.2) is 12.7 Å². The van der Waals surface area contributed by atoms with Crippen molar-refractivity contribution in [2.24, 2.45) is 0 Å². The van der Waals surface area contributed by atoms with E-state index in [1.807, 2.05) is 0 Å². The van der Waals surface area contributed by atoms with E-state index in [1.165, 1.54) is 26.0 Å². The third-order valence-electron chi connectivity index (χ3n) is 2.91. The van der Waals surface area contributed by atoms with Crippen LogP contribution in [0.5, 0.6) is 0 Å². The first-order valence-electron chi connectivity index (χ1n) is 5.11. The molecule has 0 spiro atoms. The summed E-state index contributed by atoms with van der Waals surface area (Å²) in [7, 11) is -3.63. The lowest BCUT2D eigenvalue weighted by Gasteiger charge is -2.42. The molecule has 0 aromatic heterocycles. The summed E-state index contributed by atoms with van der Waals surface area (Å²) >= 11 is 0. The van der Waals surface area contributed by atoms with Crippen LogP contribution in [-0.4, -0.2) is 24.2 Å². The summed E-state index contributed by atoms with van der Waals surface area (Å²) in [6.07, 6.45) is 0. The highest BCUT2D eigenvalue weighted by molar-refractivity contribution is 7.98. The predicted molar refractivity (Wildman–Crippen MR) is 62.8 cm³/mol. The fourth-order valence-electron chi connectivity index (χ4n) is 1.69. The third kappa shape index (κ3) is 1.48. The number of hydrogen-bond donors (Lipinski definition) is 1. The molecule has 92 valence electrons. The van der Waals surface area contributed by atoms with Crippen molar-refractivity contribution < 1.29 is 18.3 Å². The van der Waals surface area contributed by atoms with Gasteiger partial charge in [0.15, 0.2) is 4.75 Å². The molecule has 6 heteroatoms. The molecule has 1 aromatic carbocycles. The molecule has 0 aliphatic carbocycles. The van der Waals surface area contributed by atoms with E-state index in [4.69, 9.17) is 5.11 Å².